The Bertz CT molecular complexity index is 972. The van der Waals surface area contributed by atoms with Crippen LogP contribution < -0.4 is 18.9 Å². The maximum atomic E-state index is 13.6. The lowest BCUT2D eigenvalue weighted by atomic mass is 9.85. The number of likely N-dealkylation sites (N-methyl/N-ethyl adjacent to an activating group) is 1. The molecule has 4 rings (SSSR count). The molecule has 0 amide bonds. The Morgan fingerprint density at radius 1 is 1.21 bits per heavy atom. The van der Waals surface area contributed by atoms with Gasteiger partial charge in [-0.3, -0.25) is 4.79 Å². The normalized spacial score (nSPS) is 18.9. The molecule has 2 aromatic carbocycles. The van der Waals surface area contributed by atoms with Crippen LogP contribution in [0.15, 0.2) is 24.3 Å². The third kappa shape index (κ3) is 3.29. The smallest absolute Gasteiger partial charge is 0.231 e. The fraction of sp³-hybridized carbons (Fsp3) is 0.409. The van der Waals surface area contributed by atoms with Crippen molar-refractivity contribution in [2.45, 2.75) is 18.9 Å². The molecule has 6 nitrogen and oxygen atoms in total. The van der Waals surface area contributed by atoms with Crippen LogP contribution in [0.2, 0.25) is 0 Å². The molecular weight excluding hydrogens is 377 g/mol. The van der Waals surface area contributed by atoms with Gasteiger partial charge in [-0.15, -0.1) is 0 Å². The molecule has 2 aliphatic rings. The highest BCUT2D eigenvalue weighted by molar-refractivity contribution is 5.99. The summed E-state index contributed by atoms with van der Waals surface area (Å²) in [5, 5.41) is 0. The molecule has 0 bridgehead atoms. The summed E-state index contributed by atoms with van der Waals surface area (Å²) in [6.07, 6.45) is 1.08. The monoisotopic (exact) mass is 402 g/mol. The first-order chi connectivity index (χ1) is 13.9. The first-order valence-corrected chi connectivity index (χ1v) is 9.54. The number of benzene rings is 2. The number of carbonyl (C=O) groups excluding carboxylic acids is 1. The SMILES string of the molecule is COc1cc(F)ccc1C(=O)CC1c2c(cc3c(c2OC)OCO3)CC[N+]1(C)C. The molecule has 0 fully saturated rings. The summed E-state index contributed by atoms with van der Waals surface area (Å²) in [6.45, 7) is 1.03. The first kappa shape index (κ1) is 19.5. The van der Waals surface area contributed by atoms with E-state index in [1.54, 1.807) is 7.11 Å². The molecule has 0 saturated heterocycles. The number of carbonyl (C=O) groups is 1. The van der Waals surface area contributed by atoms with Crippen molar-refractivity contribution in [2.24, 2.45) is 0 Å². The van der Waals surface area contributed by atoms with Gasteiger partial charge >= 0.3 is 0 Å². The summed E-state index contributed by atoms with van der Waals surface area (Å²) in [4.78, 5) is 13.2. The standard InChI is InChI=1S/C22H25FNO5/c1-24(2)8-7-13-9-19-21(29-12-28-19)22(27-4)20(13)16(24)11-17(25)15-6-5-14(23)10-18(15)26-3/h5-6,9-10,16H,7-8,11-12H2,1-4H3/q+1. The summed E-state index contributed by atoms with van der Waals surface area (Å²) >= 11 is 0. The average Bonchev–Trinajstić information content (AvgIpc) is 3.16. The van der Waals surface area contributed by atoms with Gasteiger partial charge in [-0.25, -0.2) is 4.39 Å². The van der Waals surface area contributed by atoms with Crippen molar-refractivity contribution in [1.82, 2.24) is 0 Å². The van der Waals surface area contributed by atoms with E-state index in [4.69, 9.17) is 18.9 Å². The van der Waals surface area contributed by atoms with Gasteiger partial charge in [-0.1, -0.05) is 0 Å². The molecule has 0 aliphatic carbocycles. The zero-order valence-corrected chi connectivity index (χ0v) is 17.1. The Labute approximate surface area is 169 Å². The molecule has 2 aliphatic heterocycles. The molecular formula is C22H25FNO5+. The van der Waals surface area contributed by atoms with Gasteiger partial charge in [0, 0.05) is 12.5 Å². The fourth-order valence-corrected chi connectivity index (χ4v) is 4.30. The van der Waals surface area contributed by atoms with Crippen LogP contribution in [0.1, 0.15) is 33.9 Å². The number of hydrogen-bond acceptors (Lipinski definition) is 5. The molecule has 2 heterocycles. The van der Waals surface area contributed by atoms with Crippen molar-refractivity contribution in [2.75, 3.05) is 41.7 Å². The number of quaternary nitrogens is 1. The van der Waals surface area contributed by atoms with Gasteiger partial charge in [0.2, 0.25) is 12.5 Å². The fourth-order valence-electron chi connectivity index (χ4n) is 4.30. The van der Waals surface area contributed by atoms with Crippen molar-refractivity contribution in [3.8, 4) is 23.0 Å². The lowest BCUT2D eigenvalue weighted by molar-refractivity contribution is -0.922. The van der Waals surface area contributed by atoms with E-state index in [1.165, 1.54) is 25.3 Å². The van der Waals surface area contributed by atoms with E-state index >= 15 is 0 Å². The number of methoxy groups -OCH3 is 2. The molecule has 29 heavy (non-hydrogen) atoms. The molecule has 0 spiro atoms. The average molecular weight is 402 g/mol. The zero-order chi connectivity index (χ0) is 20.8. The molecule has 7 heteroatoms. The topological polar surface area (TPSA) is 54.0 Å². The predicted octanol–water partition coefficient (Wildman–Crippen LogP) is 3.52. The van der Waals surface area contributed by atoms with Gasteiger partial charge < -0.3 is 23.4 Å². The van der Waals surface area contributed by atoms with E-state index in [-0.39, 0.29) is 30.8 Å². The van der Waals surface area contributed by atoms with Crippen LogP contribution in [0.3, 0.4) is 0 Å². The Balaban J connectivity index is 1.77. The number of rotatable bonds is 5. The highest BCUT2D eigenvalue weighted by Crippen LogP contribution is 2.51. The van der Waals surface area contributed by atoms with E-state index in [0.717, 1.165) is 24.1 Å². The number of fused-ring (bicyclic) bond motifs is 2. The van der Waals surface area contributed by atoms with Crippen molar-refractivity contribution >= 4 is 5.78 Å². The Morgan fingerprint density at radius 3 is 2.72 bits per heavy atom. The number of nitrogens with zero attached hydrogens (tertiary/aromatic N) is 1. The van der Waals surface area contributed by atoms with E-state index in [0.29, 0.717) is 27.3 Å². The minimum atomic E-state index is -0.438. The molecule has 0 radical (unpaired) electrons. The van der Waals surface area contributed by atoms with Gasteiger partial charge in [0.15, 0.2) is 17.3 Å². The van der Waals surface area contributed by atoms with Gasteiger partial charge in [0.25, 0.3) is 0 Å². The maximum absolute atomic E-state index is 13.6. The molecule has 0 aromatic heterocycles. The van der Waals surface area contributed by atoms with Crippen LogP contribution in [0.4, 0.5) is 4.39 Å². The lowest BCUT2D eigenvalue weighted by Crippen LogP contribution is -2.48. The maximum Gasteiger partial charge on any atom is 0.231 e. The summed E-state index contributed by atoms with van der Waals surface area (Å²) in [6, 6.07) is 5.85. The van der Waals surface area contributed by atoms with E-state index in [1.807, 2.05) is 6.07 Å². The molecule has 154 valence electrons. The minimum absolute atomic E-state index is 0.106. The third-order valence-corrected chi connectivity index (χ3v) is 5.92. The second kappa shape index (κ2) is 7.22. The Morgan fingerprint density at radius 2 is 2.00 bits per heavy atom. The molecule has 1 unspecified atom stereocenters. The van der Waals surface area contributed by atoms with Crippen LogP contribution in [-0.4, -0.2) is 51.9 Å². The van der Waals surface area contributed by atoms with E-state index in [9.17, 15) is 9.18 Å². The van der Waals surface area contributed by atoms with Crippen LogP contribution >= 0.6 is 0 Å². The molecule has 1 atom stereocenters. The van der Waals surface area contributed by atoms with Crippen molar-refractivity contribution in [3.05, 3.63) is 46.8 Å². The molecule has 2 aromatic rings. The highest BCUT2D eigenvalue weighted by Gasteiger charge is 2.42. The van der Waals surface area contributed by atoms with E-state index in [2.05, 4.69) is 14.1 Å². The largest absolute Gasteiger partial charge is 0.496 e. The van der Waals surface area contributed by atoms with Gasteiger partial charge in [0.05, 0.1) is 52.4 Å². The van der Waals surface area contributed by atoms with E-state index < -0.39 is 5.82 Å². The zero-order valence-electron chi connectivity index (χ0n) is 17.1. The highest BCUT2D eigenvalue weighted by atomic mass is 19.1. The van der Waals surface area contributed by atoms with Crippen LogP contribution in [-0.2, 0) is 6.42 Å². The van der Waals surface area contributed by atoms with Gasteiger partial charge in [-0.05, 0) is 23.8 Å². The predicted molar refractivity (Wildman–Crippen MR) is 104 cm³/mol. The third-order valence-electron chi connectivity index (χ3n) is 5.92. The Hall–Kier alpha value is -2.80. The van der Waals surface area contributed by atoms with Gasteiger partial charge in [0.1, 0.15) is 17.6 Å². The molecule has 0 N–H and O–H groups in total. The summed E-state index contributed by atoms with van der Waals surface area (Å²) < 4.78 is 36.4. The Kier molecular flexibility index (Phi) is 4.86. The number of ketones is 1. The number of hydrogen-bond donors (Lipinski definition) is 0. The lowest BCUT2D eigenvalue weighted by Gasteiger charge is -2.43. The summed E-state index contributed by atoms with van der Waals surface area (Å²) in [7, 11) is 7.25. The van der Waals surface area contributed by atoms with Crippen LogP contribution in [0.25, 0.3) is 0 Å². The van der Waals surface area contributed by atoms with Crippen molar-refractivity contribution in [1.29, 1.82) is 0 Å². The summed E-state index contributed by atoms with van der Waals surface area (Å²) in [5.74, 6) is 1.60. The quantitative estimate of drug-likeness (QED) is 0.566. The van der Waals surface area contributed by atoms with Crippen molar-refractivity contribution < 1.29 is 32.6 Å². The number of ether oxygens (including phenoxy) is 4. The number of Topliss-reactive ketones (excluding diaryl/α,β-unsaturated/α-hetero) is 1. The second-order valence-corrected chi connectivity index (χ2v) is 7.96. The van der Waals surface area contributed by atoms with Crippen molar-refractivity contribution in [3.63, 3.8) is 0 Å². The number of halogens is 1. The van der Waals surface area contributed by atoms with Crippen LogP contribution in [0.5, 0.6) is 23.0 Å². The first-order valence-electron chi connectivity index (χ1n) is 9.54. The van der Waals surface area contributed by atoms with Crippen LogP contribution in [0, 0.1) is 5.82 Å². The second-order valence-electron chi connectivity index (χ2n) is 7.96. The minimum Gasteiger partial charge on any atom is -0.496 e. The molecule has 0 saturated carbocycles. The summed E-state index contributed by atoms with van der Waals surface area (Å²) in [5.41, 5.74) is 2.45. The van der Waals surface area contributed by atoms with Gasteiger partial charge in [-0.2, -0.15) is 0 Å².